The van der Waals surface area contributed by atoms with Crippen molar-refractivity contribution in [2.75, 3.05) is 23.8 Å². The second kappa shape index (κ2) is 7.40. The Labute approximate surface area is 141 Å². The van der Waals surface area contributed by atoms with Crippen molar-refractivity contribution in [2.24, 2.45) is 0 Å². The predicted molar refractivity (Wildman–Crippen MR) is 93.4 cm³/mol. The van der Waals surface area contributed by atoms with Crippen molar-refractivity contribution in [3.05, 3.63) is 47.3 Å². The van der Waals surface area contributed by atoms with Gasteiger partial charge in [0.2, 0.25) is 5.95 Å². The number of aromatic nitrogens is 2. The van der Waals surface area contributed by atoms with Gasteiger partial charge in [0, 0.05) is 31.2 Å². The highest BCUT2D eigenvalue weighted by Gasteiger charge is 2.15. The third-order valence-corrected chi connectivity index (χ3v) is 4.06. The largest absolute Gasteiger partial charge is 0.376 e. The molecule has 1 atom stereocenters. The topological polar surface area (TPSA) is 76.1 Å². The molecule has 0 radical (unpaired) electrons. The zero-order chi connectivity index (χ0) is 16.9. The number of amides is 1. The second-order valence-corrected chi connectivity index (χ2v) is 6.08. The van der Waals surface area contributed by atoms with Gasteiger partial charge in [-0.25, -0.2) is 9.97 Å². The lowest BCUT2D eigenvalue weighted by Gasteiger charge is -2.11. The molecule has 126 valence electrons. The Balaban J connectivity index is 1.58. The zero-order valence-corrected chi connectivity index (χ0v) is 14.0. The van der Waals surface area contributed by atoms with Gasteiger partial charge in [-0.2, -0.15) is 0 Å². The van der Waals surface area contributed by atoms with Crippen LogP contribution in [0.25, 0.3) is 0 Å². The Hall–Kier alpha value is -2.47. The number of rotatable bonds is 5. The fourth-order valence-corrected chi connectivity index (χ4v) is 2.70. The van der Waals surface area contributed by atoms with E-state index >= 15 is 0 Å². The molecule has 0 bridgehead atoms. The van der Waals surface area contributed by atoms with Crippen molar-refractivity contribution in [1.82, 2.24) is 9.97 Å². The van der Waals surface area contributed by atoms with Crippen molar-refractivity contribution in [3.63, 3.8) is 0 Å². The number of carbonyl (C=O) groups excluding carboxylic acids is 1. The van der Waals surface area contributed by atoms with Crippen LogP contribution in [-0.4, -0.2) is 35.1 Å². The molecule has 1 aromatic heterocycles. The normalized spacial score (nSPS) is 16.8. The molecule has 2 heterocycles. The lowest BCUT2D eigenvalue weighted by Crippen LogP contribution is -2.20. The number of benzene rings is 1. The first-order valence-electron chi connectivity index (χ1n) is 8.18. The minimum absolute atomic E-state index is 0.215. The molecule has 0 aliphatic carbocycles. The van der Waals surface area contributed by atoms with E-state index in [4.69, 9.17) is 4.74 Å². The molecule has 0 spiro atoms. The summed E-state index contributed by atoms with van der Waals surface area (Å²) in [5.74, 6) is 0.293. The van der Waals surface area contributed by atoms with E-state index in [1.54, 1.807) is 0 Å². The number of nitrogens with one attached hydrogen (secondary N) is 2. The summed E-state index contributed by atoms with van der Waals surface area (Å²) in [7, 11) is 0. The maximum Gasteiger partial charge on any atom is 0.258 e. The molecular weight excluding hydrogens is 304 g/mol. The summed E-state index contributed by atoms with van der Waals surface area (Å²) >= 11 is 0. The van der Waals surface area contributed by atoms with Crippen molar-refractivity contribution in [1.29, 1.82) is 0 Å². The summed E-state index contributed by atoms with van der Waals surface area (Å²) in [6, 6.07) is 5.91. The molecule has 1 unspecified atom stereocenters. The first-order valence-corrected chi connectivity index (χ1v) is 8.18. The molecule has 0 saturated carbocycles. The molecule has 6 heteroatoms. The molecule has 1 saturated heterocycles. The third kappa shape index (κ3) is 4.08. The lowest BCUT2D eigenvalue weighted by atomic mass is 10.1. The highest BCUT2D eigenvalue weighted by Crippen LogP contribution is 2.17. The Bertz CT molecular complexity index is 709. The number of anilines is 2. The van der Waals surface area contributed by atoms with Crippen LogP contribution in [0.2, 0.25) is 0 Å². The fraction of sp³-hybridized carbons (Fsp3) is 0.389. The molecule has 1 aromatic carbocycles. The van der Waals surface area contributed by atoms with Crippen LogP contribution in [0.15, 0.2) is 30.6 Å². The zero-order valence-electron chi connectivity index (χ0n) is 14.0. The quantitative estimate of drug-likeness (QED) is 0.883. The van der Waals surface area contributed by atoms with Crippen LogP contribution in [0.4, 0.5) is 11.6 Å². The van der Waals surface area contributed by atoms with Crippen molar-refractivity contribution in [2.45, 2.75) is 32.8 Å². The van der Waals surface area contributed by atoms with E-state index in [1.165, 1.54) is 12.4 Å². The van der Waals surface area contributed by atoms with Crippen LogP contribution in [0.1, 0.15) is 34.3 Å². The van der Waals surface area contributed by atoms with Gasteiger partial charge in [-0.3, -0.25) is 4.79 Å². The molecule has 6 nitrogen and oxygen atoms in total. The molecule has 1 aliphatic heterocycles. The molecular formula is C18H22N4O2. The summed E-state index contributed by atoms with van der Waals surface area (Å²) < 4.78 is 5.54. The van der Waals surface area contributed by atoms with Gasteiger partial charge in [-0.05, 0) is 38.3 Å². The Kier molecular flexibility index (Phi) is 5.05. The van der Waals surface area contributed by atoms with E-state index in [9.17, 15) is 4.79 Å². The predicted octanol–water partition coefficient (Wildman–Crippen LogP) is 2.94. The average molecular weight is 326 g/mol. The highest BCUT2D eigenvalue weighted by atomic mass is 16.5. The van der Waals surface area contributed by atoms with Crippen LogP contribution < -0.4 is 10.6 Å². The Morgan fingerprint density at radius 1 is 1.29 bits per heavy atom. The van der Waals surface area contributed by atoms with Gasteiger partial charge in [-0.1, -0.05) is 17.7 Å². The third-order valence-electron chi connectivity index (χ3n) is 4.06. The monoisotopic (exact) mass is 326 g/mol. The number of hydrogen-bond donors (Lipinski definition) is 2. The first kappa shape index (κ1) is 16.4. The number of ether oxygens (including phenoxy) is 1. The van der Waals surface area contributed by atoms with Gasteiger partial charge in [-0.15, -0.1) is 0 Å². The maximum absolute atomic E-state index is 12.3. The Morgan fingerprint density at radius 2 is 2.08 bits per heavy atom. The molecule has 24 heavy (non-hydrogen) atoms. The Morgan fingerprint density at radius 3 is 2.75 bits per heavy atom. The van der Waals surface area contributed by atoms with Gasteiger partial charge < -0.3 is 15.4 Å². The van der Waals surface area contributed by atoms with Gasteiger partial charge in [0.25, 0.3) is 5.91 Å². The minimum atomic E-state index is -0.215. The van der Waals surface area contributed by atoms with Gasteiger partial charge in [0.05, 0.1) is 11.7 Å². The van der Waals surface area contributed by atoms with E-state index in [0.717, 1.165) is 36.3 Å². The van der Waals surface area contributed by atoms with Crippen molar-refractivity contribution >= 4 is 17.5 Å². The van der Waals surface area contributed by atoms with Crippen LogP contribution >= 0.6 is 0 Å². The maximum atomic E-state index is 12.3. The van der Waals surface area contributed by atoms with E-state index in [-0.39, 0.29) is 12.0 Å². The molecule has 1 amide bonds. The number of hydrogen-bond acceptors (Lipinski definition) is 5. The summed E-state index contributed by atoms with van der Waals surface area (Å²) in [5.41, 5.74) is 3.42. The second-order valence-electron chi connectivity index (χ2n) is 6.08. The number of aryl methyl sites for hydroxylation is 2. The van der Waals surface area contributed by atoms with Crippen LogP contribution in [0.5, 0.6) is 0 Å². The molecule has 1 aliphatic rings. The SMILES string of the molecule is Cc1ccc(NC(=O)c2cnc(NCC3CCCO3)nc2)c(C)c1. The summed E-state index contributed by atoms with van der Waals surface area (Å²) in [5, 5.41) is 6.03. The number of carbonyl (C=O) groups is 1. The van der Waals surface area contributed by atoms with Crippen LogP contribution in [0, 0.1) is 13.8 Å². The van der Waals surface area contributed by atoms with Crippen molar-refractivity contribution in [3.8, 4) is 0 Å². The van der Waals surface area contributed by atoms with E-state index in [2.05, 4.69) is 20.6 Å². The molecule has 1 fully saturated rings. The molecule has 3 rings (SSSR count). The summed E-state index contributed by atoms with van der Waals surface area (Å²) in [4.78, 5) is 20.7. The minimum Gasteiger partial charge on any atom is -0.376 e. The van der Waals surface area contributed by atoms with E-state index in [1.807, 2.05) is 32.0 Å². The summed E-state index contributed by atoms with van der Waals surface area (Å²) in [6.07, 6.45) is 5.45. The van der Waals surface area contributed by atoms with Gasteiger partial charge in [0.1, 0.15) is 0 Å². The van der Waals surface area contributed by atoms with Gasteiger partial charge in [0.15, 0.2) is 0 Å². The molecule has 2 N–H and O–H groups in total. The van der Waals surface area contributed by atoms with Gasteiger partial charge >= 0.3 is 0 Å². The smallest absolute Gasteiger partial charge is 0.258 e. The first-order chi connectivity index (χ1) is 11.6. The van der Waals surface area contributed by atoms with E-state index in [0.29, 0.717) is 18.1 Å². The fourth-order valence-electron chi connectivity index (χ4n) is 2.70. The van der Waals surface area contributed by atoms with Crippen molar-refractivity contribution < 1.29 is 9.53 Å². The summed E-state index contributed by atoms with van der Waals surface area (Å²) in [6.45, 7) is 5.50. The lowest BCUT2D eigenvalue weighted by molar-refractivity contribution is 0.102. The van der Waals surface area contributed by atoms with Crippen LogP contribution in [0.3, 0.4) is 0 Å². The average Bonchev–Trinajstić information content (AvgIpc) is 3.09. The highest BCUT2D eigenvalue weighted by molar-refractivity contribution is 6.04. The standard InChI is InChI=1S/C18H22N4O2/c1-12-5-6-16(13(2)8-12)22-17(23)14-9-19-18(20-10-14)21-11-15-4-3-7-24-15/h5-6,8-10,15H,3-4,7,11H2,1-2H3,(H,22,23)(H,19,20,21). The van der Waals surface area contributed by atoms with E-state index < -0.39 is 0 Å². The van der Waals surface area contributed by atoms with Crippen LogP contribution in [-0.2, 0) is 4.74 Å². The molecule has 2 aromatic rings. The number of nitrogens with zero attached hydrogens (tertiary/aromatic N) is 2.